The molecule has 0 radical (unpaired) electrons. The molecule has 2 aromatic rings. The van der Waals surface area contributed by atoms with Crippen molar-refractivity contribution >= 4 is 12.9 Å². The van der Waals surface area contributed by atoms with Gasteiger partial charge >= 0.3 is 7.48 Å². The largest absolute Gasteiger partial charge is 0.449 e. The predicted octanol–water partition coefficient (Wildman–Crippen LogP) is 1.63. The molecule has 0 unspecified atom stereocenters. The number of benzene rings is 2. The molecule has 2 aromatic carbocycles. The van der Waals surface area contributed by atoms with E-state index in [1.807, 2.05) is 30.3 Å². The maximum absolute atomic E-state index is 9.02. The molecular formula is C13H13BO. The maximum atomic E-state index is 9.02. The molecular weight excluding hydrogens is 183 g/mol. The fourth-order valence-electron chi connectivity index (χ4n) is 1.77. The number of rotatable bonds is 2. The van der Waals surface area contributed by atoms with E-state index < -0.39 is 0 Å². The van der Waals surface area contributed by atoms with Gasteiger partial charge in [0.25, 0.3) is 0 Å². The molecule has 1 nitrogen and oxygen atoms in total. The Morgan fingerprint density at radius 2 is 1.73 bits per heavy atom. The molecule has 0 fully saturated rings. The van der Waals surface area contributed by atoms with Crippen LogP contribution in [0.5, 0.6) is 0 Å². The van der Waals surface area contributed by atoms with Crippen LogP contribution in [-0.2, 0) is 0 Å². The minimum Gasteiger partial charge on any atom is -0.449 e. The molecule has 0 atom stereocenters. The van der Waals surface area contributed by atoms with E-state index in [1.54, 1.807) is 0 Å². The predicted molar refractivity (Wildman–Crippen MR) is 65.6 cm³/mol. The Hall–Kier alpha value is -1.54. The van der Waals surface area contributed by atoms with Crippen molar-refractivity contribution in [1.29, 1.82) is 0 Å². The van der Waals surface area contributed by atoms with Gasteiger partial charge < -0.3 is 5.02 Å². The zero-order valence-corrected chi connectivity index (χ0v) is 8.77. The van der Waals surface area contributed by atoms with Crippen LogP contribution in [0.3, 0.4) is 0 Å². The van der Waals surface area contributed by atoms with Crippen molar-refractivity contribution in [3.8, 4) is 11.1 Å². The van der Waals surface area contributed by atoms with E-state index in [-0.39, 0.29) is 7.48 Å². The first kappa shape index (κ1) is 10.00. The maximum Gasteiger partial charge on any atom is 0.304 e. The third-order valence-electron chi connectivity index (χ3n) is 2.56. The Bertz CT molecular complexity index is 451. The molecule has 0 aromatic heterocycles. The summed E-state index contributed by atoms with van der Waals surface area (Å²) in [5, 5.41) is 9.02. The highest BCUT2D eigenvalue weighted by Crippen LogP contribution is 2.21. The zero-order chi connectivity index (χ0) is 10.7. The molecule has 0 bridgehead atoms. The van der Waals surface area contributed by atoms with Crippen molar-refractivity contribution < 1.29 is 5.02 Å². The standard InChI is InChI=1S/C13H13BO/c1-10-9-12(14-15)7-8-13(10)11-5-3-2-4-6-11/h2-9,14-15H,1H3. The lowest BCUT2D eigenvalue weighted by atomic mass is 9.85. The van der Waals surface area contributed by atoms with Crippen molar-refractivity contribution in [2.24, 2.45) is 0 Å². The smallest absolute Gasteiger partial charge is 0.304 e. The van der Waals surface area contributed by atoms with Crippen LogP contribution in [0.15, 0.2) is 48.5 Å². The van der Waals surface area contributed by atoms with Gasteiger partial charge in [0.2, 0.25) is 0 Å². The monoisotopic (exact) mass is 196 g/mol. The van der Waals surface area contributed by atoms with Gasteiger partial charge in [0.1, 0.15) is 0 Å². The SMILES string of the molecule is Cc1cc(BO)ccc1-c1ccccc1. The van der Waals surface area contributed by atoms with Gasteiger partial charge in [0.05, 0.1) is 0 Å². The van der Waals surface area contributed by atoms with Crippen molar-refractivity contribution in [2.45, 2.75) is 6.92 Å². The molecule has 0 heterocycles. The van der Waals surface area contributed by atoms with E-state index >= 15 is 0 Å². The van der Waals surface area contributed by atoms with E-state index in [0.717, 1.165) is 5.46 Å². The second-order valence-electron chi connectivity index (χ2n) is 3.67. The third-order valence-corrected chi connectivity index (χ3v) is 2.56. The highest BCUT2D eigenvalue weighted by molar-refractivity contribution is 6.45. The van der Waals surface area contributed by atoms with Crippen molar-refractivity contribution in [1.82, 2.24) is 0 Å². The highest BCUT2D eigenvalue weighted by atomic mass is 16.2. The molecule has 0 aliphatic carbocycles. The molecule has 1 N–H and O–H groups in total. The lowest BCUT2D eigenvalue weighted by Gasteiger charge is -2.07. The van der Waals surface area contributed by atoms with Crippen LogP contribution < -0.4 is 5.46 Å². The second-order valence-corrected chi connectivity index (χ2v) is 3.67. The molecule has 0 amide bonds. The van der Waals surface area contributed by atoms with Crippen LogP contribution in [0.1, 0.15) is 5.56 Å². The number of hydrogen-bond acceptors (Lipinski definition) is 1. The first-order valence-electron chi connectivity index (χ1n) is 5.07. The summed E-state index contributed by atoms with van der Waals surface area (Å²) >= 11 is 0. The Labute approximate surface area is 90.7 Å². The molecule has 2 heteroatoms. The highest BCUT2D eigenvalue weighted by Gasteiger charge is 2.02. The average molecular weight is 196 g/mol. The van der Waals surface area contributed by atoms with Crippen LogP contribution in [-0.4, -0.2) is 12.5 Å². The first-order valence-corrected chi connectivity index (χ1v) is 5.07. The van der Waals surface area contributed by atoms with Crippen molar-refractivity contribution in [3.63, 3.8) is 0 Å². The minimum absolute atomic E-state index is 0.107. The zero-order valence-electron chi connectivity index (χ0n) is 8.77. The summed E-state index contributed by atoms with van der Waals surface area (Å²) in [6.45, 7) is 2.07. The quantitative estimate of drug-likeness (QED) is 0.723. The molecule has 0 aliphatic heterocycles. The van der Waals surface area contributed by atoms with Crippen LogP contribution in [0.2, 0.25) is 0 Å². The number of aryl methyl sites for hydroxylation is 1. The Balaban J connectivity index is 2.46. The molecule has 0 aliphatic rings. The molecule has 74 valence electrons. The van der Waals surface area contributed by atoms with Crippen molar-refractivity contribution in [2.75, 3.05) is 0 Å². The summed E-state index contributed by atoms with van der Waals surface area (Å²) in [4.78, 5) is 0. The van der Waals surface area contributed by atoms with E-state index in [2.05, 4.69) is 25.1 Å². The normalized spacial score (nSPS) is 10.0. The Kier molecular flexibility index (Phi) is 2.88. The summed E-state index contributed by atoms with van der Waals surface area (Å²) in [6.07, 6.45) is 0. The fourth-order valence-corrected chi connectivity index (χ4v) is 1.77. The Morgan fingerprint density at radius 1 is 1.00 bits per heavy atom. The summed E-state index contributed by atoms with van der Waals surface area (Å²) in [5.41, 5.74) is 4.62. The molecule has 15 heavy (non-hydrogen) atoms. The van der Waals surface area contributed by atoms with Gasteiger partial charge in [0.15, 0.2) is 0 Å². The van der Waals surface area contributed by atoms with E-state index in [0.29, 0.717) is 0 Å². The van der Waals surface area contributed by atoms with Gasteiger partial charge in [-0.3, -0.25) is 0 Å². The first-order chi connectivity index (χ1) is 7.31. The van der Waals surface area contributed by atoms with Crippen LogP contribution >= 0.6 is 0 Å². The van der Waals surface area contributed by atoms with Crippen LogP contribution in [0.25, 0.3) is 11.1 Å². The summed E-state index contributed by atoms with van der Waals surface area (Å²) < 4.78 is 0. The molecule has 2 rings (SSSR count). The Morgan fingerprint density at radius 3 is 2.33 bits per heavy atom. The van der Waals surface area contributed by atoms with Gasteiger partial charge in [-0.15, -0.1) is 0 Å². The van der Waals surface area contributed by atoms with Crippen molar-refractivity contribution in [3.05, 3.63) is 54.1 Å². The molecule has 0 saturated heterocycles. The average Bonchev–Trinajstić information content (AvgIpc) is 2.30. The van der Waals surface area contributed by atoms with Gasteiger partial charge in [-0.05, 0) is 23.6 Å². The van der Waals surface area contributed by atoms with Gasteiger partial charge in [-0.1, -0.05) is 54.0 Å². The van der Waals surface area contributed by atoms with E-state index in [1.165, 1.54) is 16.7 Å². The third kappa shape index (κ3) is 2.11. The summed E-state index contributed by atoms with van der Waals surface area (Å²) in [6, 6.07) is 16.3. The minimum atomic E-state index is 0.107. The van der Waals surface area contributed by atoms with E-state index in [4.69, 9.17) is 5.02 Å². The van der Waals surface area contributed by atoms with E-state index in [9.17, 15) is 0 Å². The lowest BCUT2D eigenvalue weighted by Crippen LogP contribution is -2.13. The molecule has 0 spiro atoms. The summed E-state index contributed by atoms with van der Waals surface area (Å²) in [5.74, 6) is 0. The van der Waals surface area contributed by atoms with Gasteiger partial charge in [0, 0.05) is 0 Å². The number of hydrogen-bond donors (Lipinski definition) is 1. The lowest BCUT2D eigenvalue weighted by molar-refractivity contribution is 0.615. The molecule has 0 saturated carbocycles. The van der Waals surface area contributed by atoms with Gasteiger partial charge in [-0.25, -0.2) is 0 Å². The van der Waals surface area contributed by atoms with Crippen LogP contribution in [0, 0.1) is 6.92 Å². The van der Waals surface area contributed by atoms with Crippen LogP contribution in [0.4, 0.5) is 0 Å². The second kappa shape index (κ2) is 4.32. The van der Waals surface area contributed by atoms with Gasteiger partial charge in [-0.2, -0.15) is 0 Å². The fraction of sp³-hybridized carbons (Fsp3) is 0.0769. The summed E-state index contributed by atoms with van der Waals surface area (Å²) in [7, 11) is 0.107. The topological polar surface area (TPSA) is 20.2 Å².